The summed E-state index contributed by atoms with van der Waals surface area (Å²) in [7, 11) is 0. The van der Waals surface area contributed by atoms with Crippen molar-refractivity contribution in [1.82, 2.24) is 4.98 Å². The van der Waals surface area contributed by atoms with E-state index in [4.69, 9.17) is 9.84 Å². The van der Waals surface area contributed by atoms with Crippen molar-refractivity contribution in [3.05, 3.63) is 22.4 Å². The largest absolute Gasteiger partial charge is 0.492 e. The van der Waals surface area contributed by atoms with Crippen LogP contribution in [0, 0.1) is 5.92 Å². The first-order chi connectivity index (χ1) is 7.16. The smallest absolute Gasteiger partial charge is 0.354 e. The van der Waals surface area contributed by atoms with E-state index < -0.39 is 5.97 Å². The van der Waals surface area contributed by atoms with Gasteiger partial charge in [-0.2, -0.15) is 0 Å². The topological polar surface area (TPSA) is 59.4 Å². The summed E-state index contributed by atoms with van der Waals surface area (Å²) in [6.45, 7) is 0.654. The molecule has 0 unspecified atom stereocenters. The molecule has 15 heavy (non-hydrogen) atoms. The molecule has 80 valence electrons. The van der Waals surface area contributed by atoms with Crippen LogP contribution >= 0.6 is 15.9 Å². The van der Waals surface area contributed by atoms with Gasteiger partial charge in [0.2, 0.25) is 0 Å². The summed E-state index contributed by atoms with van der Waals surface area (Å²) < 4.78 is 6.19. The van der Waals surface area contributed by atoms with Gasteiger partial charge < -0.3 is 9.84 Å². The highest BCUT2D eigenvalue weighted by Crippen LogP contribution is 2.31. The Balaban J connectivity index is 2.12. The Bertz CT molecular complexity index is 390. The monoisotopic (exact) mass is 271 g/mol. The zero-order chi connectivity index (χ0) is 10.8. The Kier molecular flexibility index (Phi) is 2.90. The molecule has 1 aliphatic carbocycles. The summed E-state index contributed by atoms with van der Waals surface area (Å²) >= 11 is 3.27. The second kappa shape index (κ2) is 4.18. The van der Waals surface area contributed by atoms with E-state index >= 15 is 0 Å². The molecule has 0 atom stereocenters. The number of halogens is 1. The molecule has 1 heterocycles. The lowest BCUT2D eigenvalue weighted by molar-refractivity contribution is 0.0690. The van der Waals surface area contributed by atoms with E-state index in [-0.39, 0.29) is 5.69 Å². The van der Waals surface area contributed by atoms with Gasteiger partial charge in [0, 0.05) is 12.3 Å². The first-order valence-electron chi connectivity index (χ1n) is 4.68. The molecule has 1 saturated carbocycles. The molecule has 0 radical (unpaired) electrons. The van der Waals surface area contributed by atoms with Gasteiger partial charge in [0.15, 0.2) is 5.69 Å². The first kappa shape index (κ1) is 10.4. The Morgan fingerprint density at radius 2 is 2.40 bits per heavy atom. The fourth-order valence-corrected chi connectivity index (χ4v) is 1.47. The van der Waals surface area contributed by atoms with Crippen LogP contribution in [0.5, 0.6) is 5.75 Å². The molecule has 0 aromatic carbocycles. The van der Waals surface area contributed by atoms with Crippen LogP contribution < -0.4 is 4.74 Å². The lowest BCUT2D eigenvalue weighted by Gasteiger charge is -2.07. The van der Waals surface area contributed by atoms with Crippen molar-refractivity contribution < 1.29 is 14.6 Å². The van der Waals surface area contributed by atoms with Gasteiger partial charge in [0.05, 0.1) is 11.1 Å². The molecule has 0 amide bonds. The molecule has 0 spiro atoms. The normalized spacial score (nSPS) is 15.0. The summed E-state index contributed by atoms with van der Waals surface area (Å²) in [4.78, 5) is 14.4. The predicted octanol–water partition coefficient (Wildman–Crippen LogP) is 2.33. The van der Waals surface area contributed by atoms with Gasteiger partial charge in [0.1, 0.15) is 5.75 Å². The Hall–Kier alpha value is -1.10. The zero-order valence-corrected chi connectivity index (χ0v) is 9.53. The number of pyridine rings is 1. The molecule has 2 rings (SSSR count). The summed E-state index contributed by atoms with van der Waals surface area (Å²) in [5, 5.41) is 8.76. The van der Waals surface area contributed by atoms with Crippen molar-refractivity contribution in [2.24, 2.45) is 5.92 Å². The summed E-state index contributed by atoms with van der Waals surface area (Å²) in [6, 6.07) is 1.44. The number of rotatable bonds is 4. The van der Waals surface area contributed by atoms with Crippen LogP contribution in [0.4, 0.5) is 0 Å². The molecule has 0 aliphatic heterocycles. The molecule has 1 aromatic rings. The number of ether oxygens (including phenoxy) is 1. The third kappa shape index (κ3) is 2.68. The molecular weight excluding hydrogens is 262 g/mol. The summed E-state index contributed by atoms with van der Waals surface area (Å²) in [6.07, 6.45) is 3.86. The maximum atomic E-state index is 10.7. The lowest BCUT2D eigenvalue weighted by Crippen LogP contribution is -2.04. The SMILES string of the molecule is O=C(O)c1cc(OCC2CC2)c(Br)cn1. The molecule has 1 aliphatic rings. The highest BCUT2D eigenvalue weighted by atomic mass is 79.9. The van der Waals surface area contributed by atoms with Crippen LogP contribution in [0.3, 0.4) is 0 Å². The van der Waals surface area contributed by atoms with Crippen molar-refractivity contribution in [2.75, 3.05) is 6.61 Å². The van der Waals surface area contributed by atoms with Crippen molar-refractivity contribution in [3.63, 3.8) is 0 Å². The van der Waals surface area contributed by atoms with E-state index in [9.17, 15) is 4.79 Å². The van der Waals surface area contributed by atoms with Crippen LogP contribution in [0.25, 0.3) is 0 Å². The average Bonchev–Trinajstić information content (AvgIpc) is 3.00. The number of hydrogen-bond donors (Lipinski definition) is 1. The fourth-order valence-electron chi connectivity index (χ4n) is 1.14. The quantitative estimate of drug-likeness (QED) is 0.913. The van der Waals surface area contributed by atoms with E-state index in [1.807, 2.05) is 0 Å². The maximum Gasteiger partial charge on any atom is 0.354 e. The number of aromatic nitrogens is 1. The van der Waals surface area contributed by atoms with Crippen molar-refractivity contribution in [3.8, 4) is 5.75 Å². The van der Waals surface area contributed by atoms with E-state index in [0.29, 0.717) is 22.7 Å². The van der Waals surface area contributed by atoms with Crippen LogP contribution in [0.1, 0.15) is 23.3 Å². The Morgan fingerprint density at radius 1 is 1.67 bits per heavy atom. The number of nitrogens with zero attached hydrogens (tertiary/aromatic N) is 1. The van der Waals surface area contributed by atoms with Gasteiger partial charge in [0.25, 0.3) is 0 Å². The molecule has 4 nitrogen and oxygen atoms in total. The van der Waals surface area contributed by atoms with Crippen LogP contribution in [0.15, 0.2) is 16.7 Å². The molecule has 1 fully saturated rings. The lowest BCUT2D eigenvalue weighted by atomic mass is 10.3. The Labute approximate surface area is 95.4 Å². The van der Waals surface area contributed by atoms with Gasteiger partial charge in [-0.1, -0.05) is 0 Å². The minimum Gasteiger partial charge on any atom is -0.492 e. The minimum atomic E-state index is -1.04. The summed E-state index contributed by atoms with van der Waals surface area (Å²) in [5.74, 6) is 0.145. The van der Waals surface area contributed by atoms with Crippen LogP contribution in [-0.4, -0.2) is 22.7 Å². The molecule has 1 aromatic heterocycles. The van der Waals surface area contributed by atoms with Gasteiger partial charge >= 0.3 is 5.97 Å². The third-order valence-electron chi connectivity index (χ3n) is 2.21. The maximum absolute atomic E-state index is 10.7. The number of carboxylic acid groups (broad SMARTS) is 1. The summed E-state index contributed by atoms with van der Waals surface area (Å²) in [5.41, 5.74) is 0.00370. The van der Waals surface area contributed by atoms with Crippen molar-refractivity contribution in [2.45, 2.75) is 12.8 Å². The second-order valence-electron chi connectivity index (χ2n) is 3.56. The molecule has 1 N–H and O–H groups in total. The highest BCUT2D eigenvalue weighted by Gasteiger charge is 2.22. The standard InChI is InChI=1S/C10H10BrNO3/c11-7-4-12-8(10(13)14)3-9(7)15-5-6-1-2-6/h3-4,6H,1-2,5H2,(H,13,14). The second-order valence-corrected chi connectivity index (χ2v) is 4.41. The third-order valence-corrected chi connectivity index (χ3v) is 2.81. The van der Waals surface area contributed by atoms with Gasteiger partial charge in [-0.15, -0.1) is 0 Å². The van der Waals surface area contributed by atoms with E-state index in [1.54, 1.807) is 0 Å². The zero-order valence-electron chi connectivity index (χ0n) is 7.94. The van der Waals surface area contributed by atoms with Gasteiger partial charge in [-0.05, 0) is 34.7 Å². The Morgan fingerprint density at radius 3 is 3.00 bits per heavy atom. The number of carbonyl (C=O) groups is 1. The van der Waals surface area contributed by atoms with Crippen LogP contribution in [-0.2, 0) is 0 Å². The number of hydrogen-bond acceptors (Lipinski definition) is 3. The van der Waals surface area contributed by atoms with E-state index in [2.05, 4.69) is 20.9 Å². The minimum absolute atomic E-state index is 0.00370. The van der Waals surface area contributed by atoms with Crippen molar-refractivity contribution >= 4 is 21.9 Å². The number of carboxylic acids is 1. The van der Waals surface area contributed by atoms with Crippen LogP contribution in [0.2, 0.25) is 0 Å². The predicted molar refractivity (Wildman–Crippen MR) is 57.1 cm³/mol. The van der Waals surface area contributed by atoms with E-state index in [1.165, 1.54) is 25.1 Å². The van der Waals surface area contributed by atoms with Gasteiger partial charge in [-0.25, -0.2) is 9.78 Å². The van der Waals surface area contributed by atoms with E-state index in [0.717, 1.165) is 0 Å². The molecule has 0 bridgehead atoms. The molecular formula is C10H10BrNO3. The molecule has 0 saturated heterocycles. The average molecular weight is 272 g/mol. The highest BCUT2D eigenvalue weighted by molar-refractivity contribution is 9.10. The fraction of sp³-hybridized carbons (Fsp3) is 0.400. The first-order valence-corrected chi connectivity index (χ1v) is 5.48. The number of aromatic carboxylic acids is 1. The van der Waals surface area contributed by atoms with Crippen molar-refractivity contribution in [1.29, 1.82) is 0 Å². The molecule has 5 heteroatoms. The van der Waals surface area contributed by atoms with Gasteiger partial charge in [-0.3, -0.25) is 0 Å².